The van der Waals surface area contributed by atoms with E-state index >= 15 is 0 Å². The van der Waals surface area contributed by atoms with Gasteiger partial charge in [-0.3, -0.25) is 0 Å². The van der Waals surface area contributed by atoms with Crippen molar-refractivity contribution in [1.29, 1.82) is 0 Å². The van der Waals surface area contributed by atoms with Crippen LogP contribution in [0.2, 0.25) is 0 Å². The Bertz CT molecular complexity index is 348. The van der Waals surface area contributed by atoms with Crippen molar-refractivity contribution < 1.29 is 4.42 Å². The summed E-state index contributed by atoms with van der Waals surface area (Å²) in [5.41, 5.74) is 1.30. The first-order chi connectivity index (χ1) is 6.42. The molecule has 0 unspecified atom stereocenters. The summed E-state index contributed by atoms with van der Waals surface area (Å²) < 4.78 is 6.71. The summed E-state index contributed by atoms with van der Waals surface area (Å²) in [7, 11) is 0. The Balaban J connectivity index is 2.28. The van der Waals surface area contributed by atoms with E-state index in [1.54, 1.807) is 6.26 Å². The van der Waals surface area contributed by atoms with Gasteiger partial charge in [-0.25, -0.2) is 0 Å². The van der Waals surface area contributed by atoms with Crippen LogP contribution in [0.3, 0.4) is 0 Å². The van der Waals surface area contributed by atoms with Crippen LogP contribution in [-0.4, -0.2) is 13.9 Å². The minimum atomic E-state index is -1.10. The Labute approximate surface area is 82.3 Å². The summed E-state index contributed by atoms with van der Waals surface area (Å²) >= 11 is -1.10. The number of furan rings is 1. The van der Waals surface area contributed by atoms with Gasteiger partial charge in [-0.1, -0.05) is 0 Å². The van der Waals surface area contributed by atoms with Crippen molar-refractivity contribution in [3.63, 3.8) is 0 Å². The van der Waals surface area contributed by atoms with Gasteiger partial charge in [-0.15, -0.1) is 0 Å². The average molecular weight is 239 g/mol. The van der Waals surface area contributed by atoms with Gasteiger partial charge < -0.3 is 0 Å². The number of hydrogen-bond donors (Lipinski definition) is 0. The summed E-state index contributed by atoms with van der Waals surface area (Å²) in [5, 5.41) is 0. The molecule has 0 aliphatic carbocycles. The molecule has 0 fully saturated rings. The van der Waals surface area contributed by atoms with Gasteiger partial charge >= 0.3 is 82.0 Å². The summed E-state index contributed by atoms with van der Waals surface area (Å²) in [6.07, 6.45) is 8.84. The van der Waals surface area contributed by atoms with Crippen LogP contribution in [0.15, 0.2) is 51.5 Å². The molecule has 0 aromatic carbocycles. The van der Waals surface area contributed by atoms with Crippen LogP contribution in [0.5, 0.6) is 0 Å². The molecule has 2 heterocycles. The Hall–Kier alpha value is -0.981. The van der Waals surface area contributed by atoms with Gasteiger partial charge in [0.1, 0.15) is 0 Å². The molecule has 1 aromatic heterocycles. The predicted octanol–water partition coefficient (Wildman–Crippen LogP) is 1.65. The molecule has 2 rings (SSSR count). The molecule has 0 atom stereocenters. The normalized spacial score (nSPS) is 16.8. The second-order valence-corrected chi connectivity index (χ2v) is 6.65. The molecule has 1 aromatic rings. The first-order valence-corrected chi connectivity index (χ1v) is 7.33. The zero-order valence-corrected chi connectivity index (χ0v) is 9.19. The molecule has 68 valence electrons. The van der Waals surface area contributed by atoms with Gasteiger partial charge in [0.05, 0.1) is 0 Å². The minimum absolute atomic E-state index is 0.915. The van der Waals surface area contributed by atoms with Crippen molar-refractivity contribution in [3.05, 3.63) is 52.6 Å². The van der Waals surface area contributed by atoms with Crippen LogP contribution in [0, 0.1) is 0 Å². The summed E-state index contributed by atoms with van der Waals surface area (Å²) in [6, 6.07) is 2.05. The zero-order chi connectivity index (χ0) is 9.10. The molecule has 13 heavy (non-hydrogen) atoms. The van der Waals surface area contributed by atoms with Crippen molar-refractivity contribution >= 4 is 18.6 Å². The fourth-order valence-electron chi connectivity index (χ4n) is 1.34. The molecule has 1 nitrogen and oxygen atoms in total. The monoisotopic (exact) mass is 240 g/mol. The molecule has 0 saturated carbocycles. The van der Waals surface area contributed by atoms with Gasteiger partial charge in [0.25, 0.3) is 0 Å². The molecule has 0 amide bonds. The van der Waals surface area contributed by atoms with Crippen molar-refractivity contribution in [1.82, 2.24) is 0 Å². The van der Waals surface area contributed by atoms with Crippen LogP contribution < -0.4 is 4.66 Å². The molecule has 0 N–H and O–H groups in total. The van der Waals surface area contributed by atoms with E-state index in [4.69, 9.17) is 4.42 Å². The van der Waals surface area contributed by atoms with Crippen LogP contribution in [0.25, 0.3) is 0 Å². The van der Waals surface area contributed by atoms with Gasteiger partial charge in [0, 0.05) is 0 Å². The van der Waals surface area contributed by atoms with Gasteiger partial charge in [-0.2, -0.15) is 0 Å². The van der Waals surface area contributed by atoms with E-state index in [2.05, 4.69) is 28.7 Å². The molecular formula is C11H12OSe. The van der Waals surface area contributed by atoms with E-state index in [9.17, 15) is 0 Å². The standard InChI is InChI=1S/C11H12OSe/c1-2-5-10-6-7-12-11(10)13-8-3-4-9-13/h2-4,6-9,13H,1,5H2. The predicted molar refractivity (Wildman–Crippen MR) is 57.7 cm³/mol. The second kappa shape index (κ2) is 3.82. The summed E-state index contributed by atoms with van der Waals surface area (Å²) in [6.45, 7) is 3.74. The molecule has 0 bridgehead atoms. The Morgan fingerprint density at radius 2 is 2.15 bits per heavy atom. The summed E-state index contributed by atoms with van der Waals surface area (Å²) in [4.78, 5) is 4.55. The van der Waals surface area contributed by atoms with Crippen molar-refractivity contribution in [2.24, 2.45) is 0 Å². The third-order valence-corrected chi connectivity index (χ3v) is 5.80. The second-order valence-electron chi connectivity index (χ2n) is 2.83. The van der Waals surface area contributed by atoms with Crippen LogP contribution in [0.4, 0.5) is 0 Å². The molecule has 0 radical (unpaired) electrons. The van der Waals surface area contributed by atoms with E-state index in [-0.39, 0.29) is 0 Å². The molecule has 2 heteroatoms. The fourth-order valence-corrected chi connectivity index (χ4v) is 4.73. The van der Waals surface area contributed by atoms with Crippen molar-refractivity contribution in [3.8, 4) is 0 Å². The van der Waals surface area contributed by atoms with Gasteiger partial charge in [0.2, 0.25) is 0 Å². The van der Waals surface area contributed by atoms with Gasteiger partial charge in [0.15, 0.2) is 0 Å². The van der Waals surface area contributed by atoms with E-state index < -0.39 is 13.9 Å². The van der Waals surface area contributed by atoms with Crippen molar-refractivity contribution in [2.75, 3.05) is 0 Å². The molecule has 1 aliphatic heterocycles. The van der Waals surface area contributed by atoms with E-state index in [0.717, 1.165) is 6.42 Å². The third kappa shape index (κ3) is 1.69. The third-order valence-electron chi connectivity index (χ3n) is 1.93. The number of hydrogen-bond acceptors (Lipinski definition) is 1. The zero-order valence-electron chi connectivity index (χ0n) is 7.31. The van der Waals surface area contributed by atoms with E-state index in [1.807, 2.05) is 12.1 Å². The topological polar surface area (TPSA) is 13.1 Å². The fraction of sp³-hybridized carbons (Fsp3) is 0.0909. The van der Waals surface area contributed by atoms with E-state index in [0.29, 0.717) is 0 Å². The first-order valence-electron chi connectivity index (χ1n) is 4.22. The maximum atomic E-state index is 5.52. The molecule has 1 aliphatic rings. The average Bonchev–Trinajstić information content (AvgIpc) is 2.71. The van der Waals surface area contributed by atoms with Crippen LogP contribution in [-0.2, 0) is 6.42 Å². The quantitative estimate of drug-likeness (QED) is 0.577. The van der Waals surface area contributed by atoms with Crippen LogP contribution >= 0.6 is 0 Å². The van der Waals surface area contributed by atoms with E-state index in [1.165, 1.54) is 10.2 Å². The SMILES string of the molecule is C=CCc1ccoc1[SeH]1C=CC=C1. The Morgan fingerprint density at radius 3 is 2.85 bits per heavy atom. The molecular weight excluding hydrogens is 227 g/mol. The van der Waals surface area contributed by atoms with Crippen LogP contribution in [0.1, 0.15) is 5.56 Å². The molecule has 0 spiro atoms. The van der Waals surface area contributed by atoms with Crippen molar-refractivity contribution in [2.45, 2.75) is 6.42 Å². The Kier molecular flexibility index (Phi) is 2.53. The first kappa shape index (κ1) is 8.61. The number of allylic oxidation sites excluding steroid dienone is 3. The maximum absolute atomic E-state index is 5.52. The number of rotatable bonds is 3. The summed E-state index contributed by atoms with van der Waals surface area (Å²) in [5.74, 6) is 0. The van der Waals surface area contributed by atoms with Gasteiger partial charge in [-0.05, 0) is 0 Å². The Morgan fingerprint density at radius 1 is 1.38 bits per heavy atom. The molecule has 0 saturated heterocycles.